The van der Waals surface area contributed by atoms with Gasteiger partial charge in [-0.2, -0.15) is 0 Å². The number of carbonyl (C=O) groups is 2. The number of likely N-dealkylation sites (tertiary alicyclic amines) is 1. The summed E-state index contributed by atoms with van der Waals surface area (Å²) in [5.74, 6) is 0.493. The molecule has 0 radical (unpaired) electrons. The van der Waals surface area contributed by atoms with Crippen LogP contribution in [0.1, 0.15) is 75.7 Å². The summed E-state index contributed by atoms with van der Waals surface area (Å²) < 4.78 is 11.0. The molecule has 3 atom stereocenters. The standard InChI is InChI=1S/C37H57N5O5/c1-26(2)27(23-39-34(44)28-12-6-9-15-33(28)47-21-11-10-20-46-5)22-30(38)32(43)24-40-35(45)36(3,4)42-18-16-37(17-19-42)25-41-31-14-8-7-13-29(31)37/h6-9,12-15,26-27,30,32,41,43H,10-11,16-25,38H2,1-5H3,(H,39,44)(H,40,45). The third-order valence-corrected chi connectivity index (χ3v) is 10.3. The van der Waals surface area contributed by atoms with Crippen LogP contribution >= 0.6 is 0 Å². The van der Waals surface area contributed by atoms with E-state index in [-0.39, 0.29) is 35.6 Å². The average Bonchev–Trinajstić information content (AvgIpc) is 3.42. The summed E-state index contributed by atoms with van der Waals surface area (Å²) in [6, 6.07) is 15.2. The number of amides is 2. The Morgan fingerprint density at radius 3 is 2.43 bits per heavy atom. The van der Waals surface area contributed by atoms with Crippen LogP contribution in [0.5, 0.6) is 5.75 Å². The van der Waals surface area contributed by atoms with Gasteiger partial charge in [0.1, 0.15) is 5.75 Å². The maximum absolute atomic E-state index is 13.4. The molecule has 4 rings (SSSR count). The van der Waals surface area contributed by atoms with Crippen LogP contribution in [0.25, 0.3) is 0 Å². The third kappa shape index (κ3) is 9.25. The fourth-order valence-electron chi connectivity index (χ4n) is 6.84. The number of rotatable bonds is 17. The van der Waals surface area contributed by atoms with Crippen molar-refractivity contribution in [3.05, 3.63) is 59.7 Å². The molecule has 2 aliphatic rings. The number of nitrogens with zero attached hydrogens (tertiary/aromatic N) is 1. The van der Waals surface area contributed by atoms with Crippen LogP contribution in [-0.2, 0) is 14.9 Å². The molecule has 2 aliphatic heterocycles. The molecule has 1 saturated heterocycles. The Bertz CT molecular complexity index is 1310. The zero-order valence-corrected chi connectivity index (χ0v) is 29.0. The van der Waals surface area contributed by atoms with E-state index in [0.717, 1.165) is 45.3 Å². The number of hydrogen-bond donors (Lipinski definition) is 5. The summed E-state index contributed by atoms with van der Waals surface area (Å²) in [6.07, 6.45) is 3.29. The quantitative estimate of drug-likeness (QED) is 0.162. The highest BCUT2D eigenvalue weighted by Crippen LogP contribution is 2.44. The molecule has 6 N–H and O–H groups in total. The fraction of sp³-hybridized carbons (Fsp3) is 0.622. The number of nitrogens with two attached hydrogens (primary N) is 1. The van der Waals surface area contributed by atoms with Crippen molar-refractivity contribution in [1.82, 2.24) is 15.5 Å². The number of ether oxygens (including phenoxy) is 2. The van der Waals surface area contributed by atoms with Crippen molar-refractivity contribution in [2.24, 2.45) is 17.6 Å². The zero-order valence-electron chi connectivity index (χ0n) is 29.0. The van der Waals surface area contributed by atoms with Crippen LogP contribution < -0.4 is 26.4 Å². The van der Waals surface area contributed by atoms with Gasteiger partial charge in [0.2, 0.25) is 5.91 Å². The summed E-state index contributed by atoms with van der Waals surface area (Å²) in [6.45, 7) is 12.3. The first-order valence-electron chi connectivity index (χ1n) is 17.3. The molecule has 0 aromatic heterocycles. The van der Waals surface area contributed by atoms with E-state index in [1.807, 2.05) is 26.0 Å². The van der Waals surface area contributed by atoms with Gasteiger partial charge in [-0.1, -0.05) is 44.2 Å². The lowest BCUT2D eigenvalue weighted by atomic mass is 9.73. The van der Waals surface area contributed by atoms with Gasteiger partial charge in [-0.15, -0.1) is 0 Å². The second kappa shape index (κ2) is 16.8. The lowest BCUT2D eigenvalue weighted by Gasteiger charge is -2.45. The van der Waals surface area contributed by atoms with Crippen LogP contribution in [-0.4, -0.2) is 92.6 Å². The number of aliphatic hydroxyl groups is 1. The number of fused-ring (bicyclic) bond motifs is 2. The lowest BCUT2D eigenvalue weighted by molar-refractivity contribution is -0.133. The number of benzene rings is 2. The highest BCUT2D eigenvalue weighted by molar-refractivity contribution is 5.96. The number of carbonyl (C=O) groups excluding carboxylic acids is 2. The van der Waals surface area contributed by atoms with Crippen LogP contribution in [0.4, 0.5) is 5.69 Å². The number of unbranched alkanes of at least 4 members (excludes halogenated alkanes) is 1. The van der Waals surface area contributed by atoms with Crippen LogP contribution in [0.3, 0.4) is 0 Å². The minimum Gasteiger partial charge on any atom is -0.493 e. The van der Waals surface area contributed by atoms with Crippen LogP contribution in [0, 0.1) is 11.8 Å². The van der Waals surface area contributed by atoms with Crippen molar-refractivity contribution in [3.63, 3.8) is 0 Å². The average molecular weight is 652 g/mol. The Morgan fingerprint density at radius 2 is 1.70 bits per heavy atom. The number of anilines is 1. The highest BCUT2D eigenvalue weighted by atomic mass is 16.5. The van der Waals surface area contributed by atoms with Crippen molar-refractivity contribution < 1.29 is 24.2 Å². The molecule has 0 saturated carbocycles. The molecule has 1 fully saturated rings. The normalized spacial score (nSPS) is 17.9. The summed E-state index contributed by atoms with van der Waals surface area (Å²) in [7, 11) is 1.68. The predicted molar refractivity (Wildman–Crippen MR) is 187 cm³/mol. The maximum atomic E-state index is 13.4. The van der Waals surface area contributed by atoms with E-state index in [1.165, 1.54) is 11.3 Å². The van der Waals surface area contributed by atoms with Gasteiger partial charge in [-0.05, 0) is 81.5 Å². The SMILES string of the molecule is COCCCCOc1ccccc1C(=O)NCC(CC(N)C(O)CNC(=O)C(C)(C)N1CCC2(CC1)CNc1ccccc12)C(C)C. The van der Waals surface area contributed by atoms with E-state index in [9.17, 15) is 14.7 Å². The first-order chi connectivity index (χ1) is 22.5. The molecule has 47 heavy (non-hydrogen) atoms. The number of nitrogens with one attached hydrogen (secondary N) is 3. The van der Waals surface area contributed by atoms with Crippen molar-refractivity contribution in [2.75, 3.05) is 58.4 Å². The molecule has 10 nitrogen and oxygen atoms in total. The molecule has 2 amide bonds. The minimum absolute atomic E-state index is 0.0359. The van der Waals surface area contributed by atoms with E-state index >= 15 is 0 Å². The molecular weight excluding hydrogens is 594 g/mol. The number of hydrogen-bond acceptors (Lipinski definition) is 8. The van der Waals surface area contributed by atoms with Crippen molar-refractivity contribution in [2.45, 2.75) is 82.9 Å². The minimum atomic E-state index is -0.912. The van der Waals surface area contributed by atoms with E-state index in [4.69, 9.17) is 15.2 Å². The topological polar surface area (TPSA) is 138 Å². The molecule has 260 valence electrons. The summed E-state index contributed by atoms with van der Waals surface area (Å²) in [5.41, 5.74) is 8.98. The van der Waals surface area contributed by atoms with E-state index < -0.39 is 17.7 Å². The molecule has 1 spiro atoms. The predicted octanol–water partition coefficient (Wildman–Crippen LogP) is 3.93. The number of aliphatic hydroxyl groups excluding tert-OH is 1. The van der Waals surface area contributed by atoms with E-state index in [2.05, 4.69) is 59.0 Å². The third-order valence-electron chi connectivity index (χ3n) is 10.3. The molecule has 0 bridgehead atoms. The van der Waals surface area contributed by atoms with Gasteiger partial charge in [0.05, 0.1) is 23.8 Å². The Labute approximate surface area is 281 Å². The Hall–Kier alpha value is -3.18. The smallest absolute Gasteiger partial charge is 0.255 e. The van der Waals surface area contributed by atoms with Gasteiger partial charge < -0.3 is 36.3 Å². The molecule has 3 unspecified atom stereocenters. The largest absolute Gasteiger partial charge is 0.493 e. The van der Waals surface area contributed by atoms with Gasteiger partial charge in [0, 0.05) is 63.6 Å². The Balaban J connectivity index is 1.23. The number of para-hydroxylation sites is 2. The number of piperidine rings is 1. The summed E-state index contributed by atoms with van der Waals surface area (Å²) >= 11 is 0. The number of methoxy groups -OCH3 is 1. The van der Waals surface area contributed by atoms with Crippen LogP contribution in [0.2, 0.25) is 0 Å². The molecule has 10 heteroatoms. The zero-order chi connectivity index (χ0) is 34.0. The fourth-order valence-corrected chi connectivity index (χ4v) is 6.84. The van der Waals surface area contributed by atoms with Crippen molar-refractivity contribution >= 4 is 17.5 Å². The second-order valence-electron chi connectivity index (χ2n) is 14.2. The molecule has 2 heterocycles. The monoisotopic (exact) mass is 651 g/mol. The molecular formula is C37H57N5O5. The van der Waals surface area contributed by atoms with Crippen molar-refractivity contribution in [3.8, 4) is 5.75 Å². The second-order valence-corrected chi connectivity index (χ2v) is 14.2. The molecule has 0 aliphatic carbocycles. The van der Waals surface area contributed by atoms with Gasteiger partial charge in [0.15, 0.2) is 0 Å². The van der Waals surface area contributed by atoms with Gasteiger partial charge in [0.25, 0.3) is 5.91 Å². The lowest BCUT2D eigenvalue weighted by Crippen LogP contribution is -2.60. The first kappa shape index (κ1) is 36.7. The van der Waals surface area contributed by atoms with E-state index in [0.29, 0.717) is 37.5 Å². The van der Waals surface area contributed by atoms with Crippen molar-refractivity contribution in [1.29, 1.82) is 0 Å². The molecule has 2 aromatic rings. The molecule has 2 aromatic carbocycles. The van der Waals surface area contributed by atoms with Gasteiger partial charge >= 0.3 is 0 Å². The first-order valence-corrected chi connectivity index (χ1v) is 17.3. The summed E-state index contributed by atoms with van der Waals surface area (Å²) in [4.78, 5) is 28.8. The summed E-state index contributed by atoms with van der Waals surface area (Å²) in [5, 5.41) is 20.6. The Kier molecular flexibility index (Phi) is 13.1. The highest BCUT2D eigenvalue weighted by Gasteiger charge is 2.45. The van der Waals surface area contributed by atoms with Gasteiger partial charge in [-0.25, -0.2) is 0 Å². The van der Waals surface area contributed by atoms with E-state index in [1.54, 1.807) is 19.2 Å². The van der Waals surface area contributed by atoms with Gasteiger partial charge in [-0.3, -0.25) is 14.5 Å². The Morgan fingerprint density at radius 1 is 1.02 bits per heavy atom. The maximum Gasteiger partial charge on any atom is 0.255 e. The van der Waals surface area contributed by atoms with Crippen LogP contribution in [0.15, 0.2) is 48.5 Å².